The van der Waals surface area contributed by atoms with Crippen LogP contribution in [-0.4, -0.2) is 51.2 Å². The molecule has 0 unspecified atom stereocenters. The van der Waals surface area contributed by atoms with Crippen molar-refractivity contribution in [3.05, 3.63) is 23.5 Å². The average molecular weight is 370 g/mol. The Kier molecular flexibility index (Phi) is 4.69. The van der Waals surface area contributed by atoms with E-state index in [1.807, 2.05) is 20.0 Å². The van der Waals surface area contributed by atoms with Crippen molar-refractivity contribution in [3.63, 3.8) is 0 Å². The van der Waals surface area contributed by atoms with E-state index in [-0.39, 0.29) is 5.69 Å². The molecule has 27 heavy (non-hydrogen) atoms. The number of nitrogens with zero attached hydrogens (tertiary/aromatic N) is 4. The summed E-state index contributed by atoms with van der Waals surface area (Å²) in [7, 11) is 1.99. The van der Waals surface area contributed by atoms with E-state index in [9.17, 15) is 4.79 Å². The van der Waals surface area contributed by atoms with Gasteiger partial charge in [-0.25, -0.2) is 4.98 Å². The van der Waals surface area contributed by atoms with Crippen LogP contribution in [0.2, 0.25) is 0 Å². The molecule has 0 aliphatic carbocycles. The highest BCUT2D eigenvalue weighted by Gasteiger charge is 2.34. The molecule has 4 heterocycles. The van der Waals surface area contributed by atoms with Gasteiger partial charge >= 0.3 is 0 Å². The third kappa shape index (κ3) is 3.87. The molecule has 0 saturated carbocycles. The first-order valence-electron chi connectivity index (χ1n) is 9.44. The van der Waals surface area contributed by atoms with Gasteiger partial charge in [0, 0.05) is 43.0 Å². The van der Waals surface area contributed by atoms with Gasteiger partial charge in [0.15, 0.2) is 5.82 Å². The van der Waals surface area contributed by atoms with E-state index < -0.39 is 5.91 Å². The van der Waals surface area contributed by atoms with Crippen molar-refractivity contribution in [1.82, 2.24) is 25.5 Å². The Labute approximate surface area is 158 Å². The van der Waals surface area contributed by atoms with Crippen LogP contribution >= 0.6 is 0 Å². The highest BCUT2D eigenvalue weighted by molar-refractivity contribution is 5.92. The zero-order chi connectivity index (χ0) is 19.0. The minimum Gasteiger partial charge on any atom is -0.364 e. The summed E-state index contributed by atoms with van der Waals surface area (Å²) in [4.78, 5) is 22.9. The number of aromatic nitrogens is 4. The summed E-state index contributed by atoms with van der Waals surface area (Å²) in [6.07, 6.45) is 5.84. The zero-order valence-electron chi connectivity index (χ0n) is 15.7. The lowest BCUT2D eigenvalue weighted by molar-refractivity contribution is 0.0995. The number of aromatic amines is 1. The fourth-order valence-corrected chi connectivity index (χ4v) is 4.11. The number of piperidine rings is 2. The van der Waals surface area contributed by atoms with Crippen LogP contribution in [0.3, 0.4) is 0 Å². The molecule has 2 bridgehead atoms. The van der Waals surface area contributed by atoms with E-state index in [2.05, 4.69) is 35.7 Å². The Bertz CT molecular complexity index is 823. The summed E-state index contributed by atoms with van der Waals surface area (Å²) in [5.74, 6) is 1.06. The van der Waals surface area contributed by atoms with Crippen molar-refractivity contribution < 1.29 is 4.79 Å². The summed E-state index contributed by atoms with van der Waals surface area (Å²) in [6.45, 7) is 1.92. The summed E-state index contributed by atoms with van der Waals surface area (Å²) >= 11 is 0. The number of anilines is 3. The number of aryl methyl sites for hydroxylation is 1. The summed E-state index contributed by atoms with van der Waals surface area (Å²) in [6, 6.07) is 4.86. The Morgan fingerprint density at radius 3 is 2.59 bits per heavy atom. The molecule has 9 nitrogen and oxygen atoms in total. The molecule has 144 valence electrons. The smallest absolute Gasteiger partial charge is 0.267 e. The molecule has 2 fully saturated rings. The fourth-order valence-electron chi connectivity index (χ4n) is 4.11. The first-order valence-corrected chi connectivity index (χ1v) is 9.44. The van der Waals surface area contributed by atoms with Crippen LogP contribution in [0.5, 0.6) is 0 Å². The Morgan fingerprint density at radius 2 is 1.96 bits per heavy atom. The number of carbonyl (C=O) groups is 1. The maximum atomic E-state index is 11.8. The van der Waals surface area contributed by atoms with E-state index in [4.69, 9.17) is 5.73 Å². The molecule has 3 atom stereocenters. The highest BCUT2D eigenvalue weighted by Crippen LogP contribution is 2.30. The van der Waals surface area contributed by atoms with Crippen molar-refractivity contribution >= 4 is 23.5 Å². The van der Waals surface area contributed by atoms with Crippen molar-refractivity contribution in [2.24, 2.45) is 5.73 Å². The Hall–Kier alpha value is -2.68. The van der Waals surface area contributed by atoms with E-state index in [1.165, 1.54) is 19.3 Å². The molecule has 0 radical (unpaired) electrons. The molecule has 2 aliphatic rings. The van der Waals surface area contributed by atoms with E-state index >= 15 is 0 Å². The predicted octanol–water partition coefficient (Wildman–Crippen LogP) is 1.46. The van der Waals surface area contributed by atoms with Gasteiger partial charge in [0.25, 0.3) is 5.91 Å². The monoisotopic (exact) mass is 370 g/mol. The Morgan fingerprint density at radius 1 is 1.22 bits per heavy atom. The van der Waals surface area contributed by atoms with Crippen molar-refractivity contribution in [1.29, 1.82) is 0 Å². The van der Waals surface area contributed by atoms with Crippen molar-refractivity contribution in [2.45, 2.75) is 57.2 Å². The van der Waals surface area contributed by atoms with Crippen molar-refractivity contribution in [3.8, 4) is 0 Å². The van der Waals surface area contributed by atoms with Crippen LogP contribution in [0.25, 0.3) is 0 Å². The average Bonchev–Trinajstić information content (AvgIpc) is 3.05. The lowest BCUT2D eigenvalue weighted by atomic mass is 9.83. The summed E-state index contributed by atoms with van der Waals surface area (Å²) in [5, 5.41) is 13.8. The molecule has 2 aliphatic heterocycles. The minimum atomic E-state index is -0.574. The zero-order valence-corrected chi connectivity index (χ0v) is 15.7. The number of rotatable bonds is 5. The molecule has 4 rings (SSSR count). The molecule has 2 aromatic rings. The van der Waals surface area contributed by atoms with Crippen LogP contribution < -0.4 is 21.3 Å². The number of primary amides is 1. The molecular formula is C18H26N8O. The lowest BCUT2D eigenvalue weighted by Crippen LogP contribution is -2.54. The van der Waals surface area contributed by atoms with Crippen LogP contribution in [-0.2, 0) is 0 Å². The van der Waals surface area contributed by atoms with Crippen molar-refractivity contribution in [2.75, 3.05) is 17.3 Å². The number of carbonyl (C=O) groups excluding carboxylic acids is 1. The van der Waals surface area contributed by atoms with E-state index in [1.54, 1.807) is 6.07 Å². The van der Waals surface area contributed by atoms with Crippen LogP contribution in [0, 0.1) is 6.92 Å². The number of nitrogens with one attached hydrogen (secondary N) is 3. The van der Waals surface area contributed by atoms with Gasteiger partial charge in [-0.2, -0.15) is 10.1 Å². The first kappa shape index (κ1) is 17.7. The van der Waals surface area contributed by atoms with Gasteiger partial charge in [0.05, 0.1) is 0 Å². The normalized spacial score (nSPS) is 24.4. The highest BCUT2D eigenvalue weighted by atomic mass is 16.1. The van der Waals surface area contributed by atoms with Gasteiger partial charge < -0.3 is 21.3 Å². The second-order valence-corrected chi connectivity index (χ2v) is 7.59. The standard InChI is InChI=1S/C18H26N8O/c1-10-6-16(25-24-10)22-15-9-14(17(19)27)21-18(23-15)26(2)13-7-11-4-3-5-12(8-13)20-11/h6,9,11-13,20H,3-5,7-8H2,1-2H3,(H2,19,27)(H2,21,22,23,24,25)/t11-,12+,13+. The maximum Gasteiger partial charge on any atom is 0.267 e. The molecule has 0 aromatic carbocycles. The second-order valence-electron chi connectivity index (χ2n) is 7.59. The number of fused-ring (bicyclic) bond motifs is 2. The van der Waals surface area contributed by atoms with E-state index in [0.29, 0.717) is 35.7 Å². The number of hydrogen-bond acceptors (Lipinski definition) is 7. The quantitative estimate of drug-likeness (QED) is 0.628. The molecule has 2 saturated heterocycles. The molecule has 9 heteroatoms. The molecule has 0 spiro atoms. The summed E-state index contributed by atoms with van der Waals surface area (Å²) < 4.78 is 0. The number of nitrogens with two attached hydrogens (primary N) is 1. The third-order valence-electron chi connectivity index (χ3n) is 5.48. The van der Waals surface area contributed by atoms with Crippen LogP contribution in [0.15, 0.2) is 12.1 Å². The molecular weight excluding hydrogens is 344 g/mol. The largest absolute Gasteiger partial charge is 0.364 e. The SMILES string of the molecule is Cc1cc(Nc2cc(C(N)=O)nc(N(C)[C@H]3C[C@H]4CCC[C@@H](C3)N4)n2)n[nH]1. The predicted molar refractivity (Wildman–Crippen MR) is 103 cm³/mol. The Balaban J connectivity index is 1.59. The first-order chi connectivity index (χ1) is 13.0. The van der Waals surface area contributed by atoms with E-state index in [0.717, 1.165) is 18.5 Å². The maximum absolute atomic E-state index is 11.8. The minimum absolute atomic E-state index is 0.190. The topological polar surface area (TPSA) is 125 Å². The van der Waals surface area contributed by atoms with Gasteiger partial charge in [-0.05, 0) is 32.6 Å². The fraction of sp³-hybridized carbons (Fsp3) is 0.556. The molecule has 2 aromatic heterocycles. The number of amides is 1. The van der Waals surface area contributed by atoms with Gasteiger partial charge in [0.1, 0.15) is 11.5 Å². The lowest BCUT2D eigenvalue weighted by Gasteiger charge is -2.43. The third-order valence-corrected chi connectivity index (χ3v) is 5.48. The van der Waals surface area contributed by atoms with Crippen LogP contribution in [0.4, 0.5) is 17.6 Å². The van der Waals surface area contributed by atoms with Gasteiger partial charge in [-0.3, -0.25) is 9.89 Å². The number of H-pyrrole nitrogens is 1. The number of hydrogen-bond donors (Lipinski definition) is 4. The second kappa shape index (κ2) is 7.15. The van der Waals surface area contributed by atoms with Gasteiger partial charge in [0.2, 0.25) is 5.95 Å². The van der Waals surface area contributed by atoms with Crippen LogP contribution in [0.1, 0.15) is 48.3 Å². The van der Waals surface area contributed by atoms with Gasteiger partial charge in [-0.1, -0.05) is 6.42 Å². The van der Waals surface area contributed by atoms with Gasteiger partial charge in [-0.15, -0.1) is 0 Å². The molecule has 5 N–H and O–H groups in total. The molecule has 1 amide bonds. The summed E-state index contributed by atoms with van der Waals surface area (Å²) in [5.41, 5.74) is 6.62.